The Hall–Kier alpha value is 0.910. The first-order valence-corrected chi connectivity index (χ1v) is 14.8. The van der Waals surface area contributed by atoms with E-state index in [9.17, 15) is 0 Å². The second-order valence-electron chi connectivity index (χ2n) is 7.81. The van der Waals surface area contributed by atoms with Gasteiger partial charge in [0.05, 0.1) is 24.6 Å². The van der Waals surface area contributed by atoms with Gasteiger partial charge in [0, 0.05) is 12.6 Å². The number of halogens is 1. The molecule has 0 spiro atoms. The van der Waals surface area contributed by atoms with Crippen LogP contribution in [0.5, 0.6) is 0 Å². The monoisotopic (exact) mass is 421 g/mol. The molecule has 0 aromatic carbocycles. The molecule has 0 atom stereocenters. The minimum atomic E-state index is -0.621. The van der Waals surface area contributed by atoms with Gasteiger partial charge >= 0.3 is 0 Å². The molecule has 0 radical (unpaired) electrons. The maximum atomic E-state index is 3.53. The molecule has 0 fully saturated rings. The molecule has 0 saturated carbocycles. The molecule has 0 aliphatic rings. The third-order valence-electron chi connectivity index (χ3n) is 5.47. The fraction of sp³-hybridized carbons (Fsp3) is 1.00. The lowest BCUT2D eigenvalue weighted by Gasteiger charge is -2.28. The van der Waals surface area contributed by atoms with Crippen molar-refractivity contribution in [3.63, 3.8) is 0 Å². The van der Waals surface area contributed by atoms with Crippen molar-refractivity contribution in [1.29, 1.82) is 0 Å². The smallest absolute Gasteiger partial charge is 0.0594 e. The first-order valence-electron chi connectivity index (χ1n) is 11.2. The second kappa shape index (κ2) is 18.7. The van der Waals surface area contributed by atoms with Crippen molar-refractivity contribution in [1.82, 2.24) is 0 Å². The molecule has 0 aliphatic carbocycles. The molecule has 0 rings (SSSR count). The standard InChI is InChI=1S/C22H47BrP/c1-4-7-19-24(20-8-5-2,21-9-6-3)22-17-15-13-11-10-12-14-16-18-23/h4-22H2,1-3H3/q+1. The van der Waals surface area contributed by atoms with Crippen molar-refractivity contribution >= 4 is 23.2 Å². The van der Waals surface area contributed by atoms with Crippen LogP contribution in [0.4, 0.5) is 0 Å². The van der Waals surface area contributed by atoms with E-state index in [1.165, 1.54) is 95.2 Å². The number of rotatable bonds is 19. The molecule has 0 saturated heterocycles. The van der Waals surface area contributed by atoms with Crippen LogP contribution >= 0.6 is 23.2 Å². The zero-order valence-corrected chi connectivity index (χ0v) is 19.7. The highest BCUT2D eigenvalue weighted by Gasteiger charge is 2.34. The summed E-state index contributed by atoms with van der Waals surface area (Å²) in [6.07, 6.45) is 26.8. The molecule has 0 aromatic heterocycles. The van der Waals surface area contributed by atoms with Crippen LogP contribution in [-0.2, 0) is 0 Å². The Bertz CT molecular complexity index is 220. The Morgan fingerprint density at radius 2 is 0.792 bits per heavy atom. The topological polar surface area (TPSA) is 0 Å². The lowest BCUT2D eigenvalue weighted by Crippen LogP contribution is -2.13. The molecule has 24 heavy (non-hydrogen) atoms. The highest BCUT2D eigenvalue weighted by atomic mass is 79.9. The van der Waals surface area contributed by atoms with Crippen molar-refractivity contribution in [3.05, 3.63) is 0 Å². The molecule has 0 aliphatic heterocycles. The van der Waals surface area contributed by atoms with Crippen LogP contribution in [0.25, 0.3) is 0 Å². The predicted octanol–water partition coefficient (Wildman–Crippen LogP) is 8.92. The summed E-state index contributed by atoms with van der Waals surface area (Å²) in [4.78, 5) is 0. The van der Waals surface area contributed by atoms with Crippen molar-refractivity contribution < 1.29 is 0 Å². The van der Waals surface area contributed by atoms with E-state index in [2.05, 4.69) is 36.7 Å². The van der Waals surface area contributed by atoms with Gasteiger partial charge in [0.1, 0.15) is 0 Å². The van der Waals surface area contributed by atoms with Gasteiger partial charge in [0.2, 0.25) is 0 Å². The molecule has 146 valence electrons. The van der Waals surface area contributed by atoms with Crippen molar-refractivity contribution in [3.8, 4) is 0 Å². The molecule has 0 nitrogen and oxygen atoms in total. The summed E-state index contributed by atoms with van der Waals surface area (Å²) in [7, 11) is -0.621. The summed E-state index contributed by atoms with van der Waals surface area (Å²) in [6, 6.07) is 0. The Balaban J connectivity index is 4.07. The average molecular weight is 422 g/mol. The minimum absolute atomic E-state index is 0.621. The first-order chi connectivity index (χ1) is 11.7. The van der Waals surface area contributed by atoms with Crippen LogP contribution in [0, 0.1) is 0 Å². The van der Waals surface area contributed by atoms with Gasteiger partial charge in [0.25, 0.3) is 0 Å². The summed E-state index contributed by atoms with van der Waals surface area (Å²) in [5, 5.41) is 1.19. The van der Waals surface area contributed by atoms with Crippen LogP contribution in [-0.4, -0.2) is 30.0 Å². The molecule has 0 amide bonds. The highest BCUT2D eigenvalue weighted by molar-refractivity contribution is 9.09. The predicted molar refractivity (Wildman–Crippen MR) is 122 cm³/mol. The van der Waals surface area contributed by atoms with Gasteiger partial charge < -0.3 is 0 Å². The van der Waals surface area contributed by atoms with E-state index in [1.54, 1.807) is 24.6 Å². The third-order valence-corrected chi connectivity index (χ3v) is 11.1. The van der Waals surface area contributed by atoms with E-state index in [1.807, 2.05) is 0 Å². The van der Waals surface area contributed by atoms with Gasteiger partial charge in [-0.1, -0.05) is 88.1 Å². The summed E-state index contributed by atoms with van der Waals surface area (Å²) in [5.41, 5.74) is 0. The van der Waals surface area contributed by atoms with E-state index in [4.69, 9.17) is 0 Å². The van der Waals surface area contributed by atoms with Gasteiger partial charge in [0.15, 0.2) is 0 Å². The SMILES string of the molecule is CCCC[P+](CCCC)(CCCC)CCCCCCCCCCBr. The maximum Gasteiger partial charge on any atom is 0.0594 e. The van der Waals surface area contributed by atoms with E-state index in [0.29, 0.717) is 0 Å². The van der Waals surface area contributed by atoms with Gasteiger partial charge in [-0.05, 0) is 38.5 Å². The first kappa shape index (κ1) is 24.9. The molecule has 0 bridgehead atoms. The Morgan fingerprint density at radius 3 is 1.17 bits per heavy atom. The van der Waals surface area contributed by atoms with Crippen molar-refractivity contribution in [2.75, 3.05) is 30.0 Å². The Labute approximate surface area is 163 Å². The maximum absolute atomic E-state index is 3.53. The van der Waals surface area contributed by atoms with E-state index in [0.717, 1.165) is 0 Å². The van der Waals surface area contributed by atoms with E-state index < -0.39 is 7.26 Å². The average Bonchev–Trinajstić information content (AvgIpc) is 2.61. The fourth-order valence-electron chi connectivity index (χ4n) is 3.75. The summed E-state index contributed by atoms with van der Waals surface area (Å²) < 4.78 is 0. The fourth-order valence-corrected chi connectivity index (χ4v) is 9.35. The van der Waals surface area contributed by atoms with Gasteiger partial charge in [-0.3, -0.25) is 0 Å². The molecule has 0 aromatic rings. The molecule has 0 unspecified atom stereocenters. The Kier molecular flexibility index (Phi) is 19.4. The third kappa shape index (κ3) is 14.1. The lowest BCUT2D eigenvalue weighted by molar-refractivity contribution is 0.587. The van der Waals surface area contributed by atoms with Crippen LogP contribution < -0.4 is 0 Å². The van der Waals surface area contributed by atoms with Crippen LogP contribution in [0.3, 0.4) is 0 Å². The van der Waals surface area contributed by atoms with Crippen molar-refractivity contribution in [2.45, 2.75) is 111 Å². The molecular weight excluding hydrogens is 375 g/mol. The van der Waals surface area contributed by atoms with Gasteiger partial charge in [-0.25, -0.2) is 0 Å². The zero-order valence-electron chi connectivity index (χ0n) is 17.3. The second-order valence-corrected chi connectivity index (χ2v) is 13.1. The summed E-state index contributed by atoms with van der Waals surface area (Å²) in [5.74, 6) is 0. The van der Waals surface area contributed by atoms with Crippen LogP contribution in [0.15, 0.2) is 0 Å². The quantitative estimate of drug-likeness (QED) is 0.111. The zero-order chi connectivity index (χ0) is 17.9. The van der Waals surface area contributed by atoms with Gasteiger partial charge in [-0.2, -0.15) is 0 Å². The Morgan fingerprint density at radius 1 is 0.458 bits per heavy atom. The normalized spacial score (nSPS) is 12.0. The van der Waals surface area contributed by atoms with Gasteiger partial charge in [-0.15, -0.1) is 0 Å². The van der Waals surface area contributed by atoms with Crippen LogP contribution in [0.1, 0.15) is 111 Å². The largest absolute Gasteiger partial charge is 0.0928 e. The lowest BCUT2D eigenvalue weighted by atomic mass is 10.1. The van der Waals surface area contributed by atoms with E-state index >= 15 is 0 Å². The number of hydrogen-bond donors (Lipinski definition) is 0. The number of hydrogen-bond acceptors (Lipinski definition) is 0. The molecule has 2 heteroatoms. The highest BCUT2D eigenvalue weighted by Crippen LogP contribution is 2.61. The molecular formula is C22H47BrP+. The van der Waals surface area contributed by atoms with E-state index in [-0.39, 0.29) is 0 Å². The minimum Gasteiger partial charge on any atom is -0.0928 e. The van der Waals surface area contributed by atoms with Crippen molar-refractivity contribution in [2.24, 2.45) is 0 Å². The molecule has 0 N–H and O–H groups in total. The summed E-state index contributed by atoms with van der Waals surface area (Å²) in [6.45, 7) is 7.14. The number of alkyl halides is 1. The van der Waals surface area contributed by atoms with Crippen LogP contribution in [0.2, 0.25) is 0 Å². The number of unbranched alkanes of at least 4 members (excludes halogenated alkanes) is 10. The summed E-state index contributed by atoms with van der Waals surface area (Å²) >= 11 is 3.53. The molecule has 0 heterocycles.